The van der Waals surface area contributed by atoms with Gasteiger partial charge in [-0.3, -0.25) is 4.79 Å². The highest BCUT2D eigenvalue weighted by Crippen LogP contribution is 2.26. The molecule has 1 heterocycles. The number of hydrogen-bond acceptors (Lipinski definition) is 4. The standard InChI is InChI=1S/C24H32N2O3/c1-18-9-10-21(17-19(18)2)29-16-6-13-26-14-11-20(12-15-26)24(27)25-22-7-4-5-8-23(22)28-3/h4-5,7-10,17,20H,6,11-16H2,1-3H3,(H,25,27). The Hall–Kier alpha value is -2.53. The number of nitrogens with zero attached hydrogens (tertiary/aromatic N) is 1. The van der Waals surface area contributed by atoms with E-state index in [-0.39, 0.29) is 11.8 Å². The van der Waals surface area contributed by atoms with Crippen molar-refractivity contribution in [3.8, 4) is 11.5 Å². The Morgan fingerprint density at radius 1 is 1.10 bits per heavy atom. The van der Waals surface area contributed by atoms with Gasteiger partial charge < -0.3 is 19.7 Å². The first-order chi connectivity index (χ1) is 14.1. The van der Waals surface area contributed by atoms with Gasteiger partial charge >= 0.3 is 0 Å². The molecule has 1 amide bonds. The van der Waals surface area contributed by atoms with Crippen molar-refractivity contribution < 1.29 is 14.3 Å². The van der Waals surface area contributed by atoms with Crippen LogP contribution in [0.4, 0.5) is 5.69 Å². The number of methoxy groups -OCH3 is 1. The Bertz CT molecular complexity index is 814. The highest BCUT2D eigenvalue weighted by Gasteiger charge is 2.25. The number of rotatable bonds is 8. The quantitative estimate of drug-likeness (QED) is 0.671. The third-order valence-electron chi connectivity index (χ3n) is 5.69. The second kappa shape index (κ2) is 10.3. The summed E-state index contributed by atoms with van der Waals surface area (Å²) in [4.78, 5) is 15.0. The average molecular weight is 397 g/mol. The SMILES string of the molecule is COc1ccccc1NC(=O)C1CCN(CCCOc2ccc(C)c(C)c2)CC1. The van der Waals surface area contributed by atoms with Gasteiger partial charge in [-0.2, -0.15) is 0 Å². The Kier molecular flexibility index (Phi) is 7.53. The van der Waals surface area contributed by atoms with E-state index in [9.17, 15) is 4.79 Å². The van der Waals surface area contributed by atoms with Gasteiger partial charge in [0.1, 0.15) is 11.5 Å². The van der Waals surface area contributed by atoms with Crippen LogP contribution in [0.3, 0.4) is 0 Å². The highest BCUT2D eigenvalue weighted by atomic mass is 16.5. The Morgan fingerprint density at radius 2 is 1.86 bits per heavy atom. The van der Waals surface area contributed by atoms with Crippen molar-refractivity contribution in [1.82, 2.24) is 4.90 Å². The van der Waals surface area contributed by atoms with Crippen molar-refractivity contribution in [2.24, 2.45) is 5.92 Å². The molecular formula is C24H32N2O3. The largest absolute Gasteiger partial charge is 0.495 e. The summed E-state index contributed by atoms with van der Waals surface area (Å²) in [7, 11) is 1.62. The lowest BCUT2D eigenvalue weighted by Crippen LogP contribution is -2.38. The summed E-state index contributed by atoms with van der Waals surface area (Å²) >= 11 is 0. The molecule has 0 radical (unpaired) electrons. The van der Waals surface area contributed by atoms with Crippen LogP contribution < -0.4 is 14.8 Å². The molecule has 1 aliphatic rings. The summed E-state index contributed by atoms with van der Waals surface area (Å²) in [6.45, 7) is 7.85. The van der Waals surface area contributed by atoms with Crippen LogP contribution in [0.1, 0.15) is 30.4 Å². The van der Waals surface area contributed by atoms with Gasteiger partial charge in [0.2, 0.25) is 5.91 Å². The van der Waals surface area contributed by atoms with E-state index < -0.39 is 0 Å². The Balaban J connectivity index is 1.36. The van der Waals surface area contributed by atoms with Crippen LogP contribution in [0.5, 0.6) is 11.5 Å². The number of benzene rings is 2. The average Bonchev–Trinajstić information content (AvgIpc) is 2.74. The third kappa shape index (κ3) is 5.97. The lowest BCUT2D eigenvalue weighted by Gasteiger charge is -2.31. The number of amides is 1. The zero-order chi connectivity index (χ0) is 20.6. The van der Waals surface area contributed by atoms with Crippen molar-refractivity contribution in [1.29, 1.82) is 0 Å². The maximum Gasteiger partial charge on any atom is 0.227 e. The van der Waals surface area contributed by atoms with E-state index in [1.54, 1.807) is 7.11 Å². The number of aryl methyl sites for hydroxylation is 2. The molecule has 0 aromatic heterocycles. The molecule has 0 bridgehead atoms. The molecule has 1 saturated heterocycles. The predicted octanol–water partition coefficient (Wildman–Crippen LogP) is 4.43. The molecular weight excluding hydrogens is 364 g/mol. The second-order valence-corrected chi connectivity index (χ2v) is 7.75. The zero-order valence-corrected chi connectivity index (χ0v) is 17.7. The van der Waals surface area contributed by atoms with E-state index in [4.69, 9.17) is 9.47 Å². The minimum Gasteiger partial charge on any atom is -0.495 e. The summed E-state index contributed by atoms with van der Waals surface area (Å²) in [6.07, 6.45) is 2.77. The number of likely N-dealkylation sites (tertiary alicyclic amines) is 1. The zero-order valence-electron chi connectivity index (χ0n) is 17.7. The van der Waals surface area contributed by atoms with Gasteiger partial charge in [0.05, 0.1) is 19.4 Å². The molecule has 5 heteroatoms. The van der Waals surface area contributed by atoms with E-state index in [1.807, 2.05) is 30.3 Å². The number of piperidine rings is 1. The molecule has 1 fully saturated rings. The van der Waals surface area contributed by atoms with Gasteiger partial charge in [-0.25, -0.2) is 0 Å². The minimum absolute atomic E-state index is 0.0583. The number of para-hydroxylation sites is 2. The van der Waals surface area contributed by atoms with Crippen LogP contribution in [0.25, 0.3) is 0 Å². The fraction of sp³-hybridized carbons (Fsp3) is 0.458. The second-order valence-electron chi connectivity index (χ2n) is 7.75. The summed E-state index contributed by atoms with van der Waals surface area (Å²) in [6, 6.07) is 13.8. The van der Waals surface area contributed by atoms with Gasteiger partial charge in [0.15, 0.2) is 0 Å². The maximum atomic E-state index is 12.6. The number of nitrogens with one attached hydrogen (secondary N) is 1. The number of anilines is 1. The van der Waals surface area contributed by atoms with Crippen molar-refractivity contribution in [2.45, 2.75) is 33.1 Å². The predicted molar refractivity (Wildman–Crippen MR) is 117 cm³/mol. The monoisotopic (exact) mass is 396 g/mol. The normalized spacial score (nSPS) is 15.1. The van der Waals surface area contributed by atoms with E-state index in [0.717, 1.165) is 56.9 Å². The van der Waals surface area contributed by atoms with Crippen LogP contribution in [0.15, 0.2) is 42.5 Å². The first-order valence-electron chi connectivity index (χ1n) is 10.4. The first-order valence-corrected chi connectivity index (χ1v) is 10.4. The van der Waals surface area contributed by atoms with E-state index in [0.29, 0.717) is 5.75 Å². The lowest BCUT2D eigenvalue weighted by atomic mass is 9.95. The smallest absolute Gasteiger partial charge is 0.227 e. The summed E-state index contributed by atoms with van der Waals surface area (Å²) < 4.78 is 11.2. The summed E-state index contributed by atoms with van der Waals surface area (Å²) in [5.74, 6) is 1.79. The minimum atomic E-state index is 0.0583. The third-order valence-corrected chi connectivity index (χ3v) is 5.69. The molecule has 3 rings (SSSR count). The molecule has 0 aliphatic carbocycles. The topological polar surface area (TPSA) is 50.8 Å². The fourth-order valence-corrected chi connectivity index (χ4v) is 3.68. The summed E-state index contributed by atoms with van der Waals surface area (Å²) in [5.41, 5.74) is 3.29. The Labute approximate surface area is 174 Å². The van der Waals surface area contributed by atoms with E-state index >= 15 is 0 Å². The van der Waals surface area contributed by atoms with Crippen LogP contribution >= 0.6 is 0 Å². The fourth-order valence-electron chi connectivity index (χ4n) is 3.68. The molecule has 0 atom stereocenters. The molecule has 0 unspecified atom stereocenters. The molecule has 2 aromatic rings. The van der Waals surface area contributed by atoms with Crippen LogP contribution in [0, 0.1) is 19.8 Å². The molecule has 0 spiro atoms. The van der Waals surface area contributed by atoms with Gasteiger partial charge in [0.25, 0.3) is 0 Å². The van der Waals surface area contributed by atoms with Gasteiger partial charge in [0, 0.05) is 12.5 Å². The first kappa shape index (κ1) is 21.2. The number of carbonyl (C=O) groups is 1. The van der Waals surface area contributed by atoms with Gasteiger partial charge in [-0.1, -0.05) is 18.2 Å². The van der Waals surface area contributed by atoms with Crippen molar-refractivity contribution in [2.75, 3.05) is 38.7 Å². The number of hydrogen-bond donors (Lipinski definition) is 1. The molecule has 1 aliphatic heterocycles. The lowest BCUT2D eigenvalue weighted by molar-refractivity contribution is -0.121. The number of ether oxygens (including phenoxy) is 2. The van der Waals surface area contributed by atoms with Crippen molar-refractivity contribution in [3.05, 3.63) is 53.6 Å². The van der Waals surface area contributed by atoms with E-state index in [1.165, 1.54) is 11.1 Å². The van der Waals surface area contributed by atoms with Gasteiger partial charge in [-0.05, 0) is 81.6 Å². The van der Waals surface area contributed by atoms with Crippen LogP contribution in [0.2, 0.25) is 0 Å². The number of carbonyl (C=O) groups excluding carboxylic acids is 1. The molecule has 156 valence electrons. The molecule has 1 N–H and O–H groups in total. The van der Waals surface area contributed by atoms with Gasteiger partial charge in [-0.15, -0.1) is 0 Å². The maximum absolute atomic E-state index is 12.6. The van der Waals surface area contributed by atoms with Crippen molar-refractivity contribution >= 4 is 11.6 Å². The molecule has 29 heavy (non-hydrogen) atoms. The molecule has 5 nitrogen and oxygen atoms in total. The molecule has 2 aromatic carbocycles. The van der Waals surface area contributed by atoms with Crippen LogP contribution in [-0.4, -0.2) is 44.2 Å². The molecule has 0 saturated carbocycles. The summed E-state index contributed by atoms with van der Waals surface area (Å²) in [5, 5.41) is 3.02. The Morgan fingerprint density at radius 3 is 2.59 bits per heavy atom. The van der Waals surface area contributed by atoms with E-state index in [2.05, 4.69) is 36.2 Å². The van der Waals surface area contributed by atoms with Crippen LogP contribution in [-0.2, 0) is 4.79 Å². The van der Waals surface area contributed by atoms with Crippen molar-refractivity contribution in [3.63, 3.8) is 0 Å². The highest BCUT2D eigenvalue weighted by molar-refractivity contribution is 5.94.